The number of benzene rings is 2. The Morgan fingerprint density at radius 3 is 2.67 bits per heavy atom. The number of hydrogen-bond acceptors (Lipinski definition) is 2. The van der Waals surface area contributed by atoms with Crippen molar-refractivity contribution in [3.05, 3.63) is 65.7 Å². The Balaban J connectivity index is 1.68. The van der Waals surface area contributed by atoms with Gasteiger partial charge in [-0.3, -0.25) is 9.79 Å². The molecule has 0 saturated heterocycles. The van der Waals surface area contributed by atoms with Crippen molar-refractivity contribution in [2.45, 2.75) is 18.8 Å². The fourth-order valence-electron chi connectivity index (χ4n) is 2.59. The van der Waals surface area contributed by atoms with Crippen molar-refractivity contribution < 1.29 is 4.79 Å². The summed E-state index contributed by atoms with van der Waals surface area (Å²) in [4.78, 5) is 16.5. The highest BCUT2D eigenvalue weighted by Gasteiger charge is 2.28. The summed E-state index contributed by atoms with van der Waals surface area (Å²) in [6.07, 6.45) is 1.78. The van der Waals surface area contributed by atoms with E-state index in [0.29, 0.717) is 12.5 Å². The predicted molar refractivity (Wildman–Crippen MR) is 86.0 cm³/mol. The van der Waals surface area contributed by atoms with Gasteiger partial charge < -0.3 is 5.32 Å². The second-order valence-electron chi connectivity index (χ2n) is 5.38. The van der Waals surface area contributed by atoms with Crippen molar-refractivity contribution in [2.75, 3.05) is 11.9 Å². The molecular formula is C18H18N2O. The zero-order valence-electron chi connectivity index (χ0n) is 12.0. The minimum absolute atomic E-state index is 0.00677. The van der Waals surface area contributed by atoms with E-state index >= 15 is 0 Å². The molecule has 3 nitrogen and oxygen atoms in total. The quantitative estimate of drug-likeness (QED) is 0.853. The number of anilines is 1. The first kappa shape index (κ1) is 13.6. The Morgan fingerprint density at radius 2 is 1.86 bits per heavy atom. The molecular weight excluding hydrogens is 260 g/mol. The lowest BCUT2D eigenvalue weighted by molar-refractivity contribution is -0.115. The monoisotopic (exact) mass is 278 g/mol. The minimum Gasteiger partial charge on any atom is -0.325 e. The van der Waals surface area contributed by atoms with Gasteiger partial charge in [0, 0.05) is 24.4 Å². The van der Waals surface area contributed by atoms with E-state index < -0.39 is 0 Å². The van der Waals surface area contributed by atoms with Crippen LogP contribution in [0.5, 0.6) is 0 Å². The van der Waals surface area contributed by atoms with Crippen LogP contribution in [0, 0.1) is 0 Å². The summed E-state index contributed by atoms with van der Waals surface area (Å²) < 4.78 is 0. The highest BCUT2D eigenvalue weighted by Crippen LogP contribution is 2.30. The average Bonchev–Trinajstić information content (AvgIpc) is 2.84. The fraction of sp³-hybridized carbons (Fsp3) is 0.222. The molecule has 1 heterocycles. The van der Waals surface area contributed by atoms with E-state index in [0.717, 1.165) is 11.3 Å². The van der Waals surface area contributed by atoms with Gasteiger partial charge in [-0.25, -0.2) is 0 Å². The molecule has 3 heteroatoms. The van der Waals surface area contributed by atoms with Crippen LogP contribution in [-0.4, -0.2) is 18.7 Å². The maximum absolute atomic E-state index is 12.0. The summed E-state index contributed by atoms with van der Waals surface area (Å²) in [5.74, 6) is 0.0960. The molecule has 3 rings (SSSR count). The molecule has 106 valence electrons. The lowest BCUT2D eigenvalue weighted by Gasteiger charge is -2.08. The molecule has 0 spiro atoms. The van der Waals surface area contributed by atoms with E-state index in [-0.39, 0.29) is 11.8 Å². The zero-order chi connectivity index (χ0) is 14.7. The number of rotatable bonds is 4. The van der Waals surface area contributed by atoms with Gasteiger partial charge in [0.15, 0.2) is 0 Å². The summed E-state index contributed by atoms with van der Waals surface area (Å²) in [5.41, 5.74) is 3.18. The van der Waals surface area contributed by atoms with Gasteiger partial charge in [0.2, 0.25) is 5.91 Å². The molecule has 1 aliphatic rings. The van der Waals surface area contributed by atoms with Gasteiger partial charge in [0.05, 0.1) is 0 Å². The zero-order valence-corrected chi connectivity index (χ0v) is 12.0. The molecule has 1 unspecified atom stereocenters. The Bertz CT molecular complexity index is 664. The number of para-hydroxylation sites is 1. The molecule has 2 aromatic carbocycles. The third kappa shape index (κ3) is 2.87. The van der Waals surface area contributed by atoms with Gasteiger partial charge in [-0.15, -0.1) is 0 Å². The molecule has 1 N–H and O–H groups in total. The van der Waals surface area contributed by atoms with E-state index in [1.807, 2.05) is 42.5 Å². The number of nitrogens with zero attached hydrogens (tertiary/aromatic N) is 1. The topological polar surface area (TPSA) is 41.5 Å². The second kappa shape index (κ2) is 5.92. The number of hydrogen-bond donors (Lipinski definition) is 1. The maximum atomic E-state index is 12.0. The normalized spacial score (nSPS) is 18.5. The molecule has 2 aromatic rings. The van der Waals surface area contributed by atoms with Crippen LogP contribution in [0.15, 0.2) is 59.6 Å². The molecule has 0 radical (unpaired) electrons. The van der Waals surface area contributed by atoms with E-state index in [4.69, 9.17) is 0 Å². The smallest absolute Gasteiger partial charge is 0.237 e. The third-order valence-electron chi connectivity index (χ3n) is 3.84. The first-order valence-corrected chi connectivity index (χ1v) is 7.20. The predicted octanol–water partition coefficient (Wildman–Crippen LogP) is 3.60. The van der Waals surface area contributed by atoms with Crippen molar-refractivity contribution in [3.63, 3.8) is 0 Å². The number of aliphatic imine (C=N–C) groups is 1. The van der Waals surface area contributed by atoms with Gasteiger partial charge in [-0.2, -0.15) is 0 Å². The summed E-state index contributed by atoms with van der Waals surface area (Å²) >= 11 is 0. The van der Waals surface area contributed by atoms with Gasteiger partial charge in [-0.1, -0.05) is 55.5 Å². The van der Waals surface area contributed by atoms with Crippen molar-refractivity contribution >= 4 is 17.8 Å². The SMILES string of the molecule is C[C@@H](CN=CC1C(=O)Nc2ccccc21)c1ccccc1. The Labute approximate surface area is 124 Å². The highest BCUT2D eigenvalue weighted by atomic mass is 16.2. The third-order valence-corrected chi connectivity index (χ3v) is 3.84. The molecule has 1 aliphatic heterocycles. The Hall–Kier alpha value is -2.42. The summed E-state index contributed by atoms with van der Waals surface area (Å²) in [7, 11) is 0. The van der Waals surface area contributed by atoms with Gasteiger partial charge in [-0.05, 0) is 17.2 Å². The van der Waals surface area contributed by atoms with Crippen molar-refractivity contribution in [2.24, 2.45) is 4.99 Å². The van der Waals surface area contributed by atoms with Gasteiger partial charge in [0.25, 0.3) is 0 Å². The average molecular weight is 278 g/mol. The number of fused-ring (bicyclic) bond motifs is 1. The molecule has 2 atom stereocenters. The van der Waals surface area contributed by atoms with Crippen LogP contribution in [0.25, 0.3) is 0 Å². The fourth-order valence-corrected chi connectivity index (χ4v) is 2.59. The van der Waals surface area contributed by atoms with Crippen molar-refractivity contribution in [1.82, 2.24) is 0 Å². The molecule has 1 amide bonds. The Morgan fingerprint density at radius 1 is 1.14 bits per heavy atom. The van der Waals surface area contributed by atoms with Crippen molar-refractivity contribution in [3.8, 4) is 0 Å². The lowest BCUT2D eigenvalue weighted by Crippen LogP contribution is -2.13. The first-order valence-electron chi connectivity index (χ1n) is 7.20. The van der Waals surface area contributed by atoms with Crippen molar-refractivity contribution in [1.29, 1.82) is 0 Å². The highest BCUT2D eigenvalue weighted by molar-refractivity contribution is 6.12. The van der Waals surface area contributed by atoms with Crippen LogP contribution >= 0.6 is 0 Å². The summed E-state index contributed by atoms with van der Waals surface area (Å²) in [6.45, 7) is 2.84. The summed E-state index contributed by atoms with van der Waals surface area (Å²) in [5, 5.41) is 2.89. The van der Waals surface area contributed by atoms with E-state index in [9.17, 15) is 4.79 Å². The standard InChI is InChI=1S/C18H18N2O/c1-13(14-7-3-2-4-8-14)11-19-12-16-15-9-5-6-10-17(15)20-18(16)21/h2-10,12-13,16H,11H2,1H3,(H,20,21)/t13-,16?/m0/s1. The van der Waals surface area contributed by atoms with Crippen LogP contribution in [0.3, 0.4) is 0 Å². The maximum Gasteiger partial charge on any atom is 0.237 e. The number of amides is 1. The molecule has 0 fully saturated rings. The molecule has 0 saturated carbocycles. The lowest BCUT2D eigenvalue weighted by atomic mass is 10.0. The van der Waals surface area contributed by atoms with Crippen LogP contribution in [0.2, 0.25) is 0 Å². The van der Waals surface area contributed by atoms with E-state index in [1.54, 1.807) is 6.21 Å². The largest absolute Gasteiger partial charge is 0.325 e. The molecule has 0 bridgehead atoms. The number of carbonyl (C=O) groups is 1. The van der Waals surface area contributed by atoms with Crippen LogP contribution < -0.4 is 5.32 Å². The second-order valence-corrected chi connectivity index (χ2v) is 5.38. The van der Waals surface area contributed by atoms with Crippen LogP contribution in [0.4, 0.5) is 5.69 Å². The first-order chi connectivity index (χ1) is 10.3. The van der Waals surface area contributed by atoms with E-state index in [1.165, 1.54) is 5.56 Å². The van der Waals surface area contributed by atoms with Crippen LogP contribution in [0.1, 0.15) is 29.9 Å². The Kier molecular flexibility index (Phi) is 3.82. The molecule has 0 aromatic heterocycles. The van der Waals surface area contributed by atoms with Crippen LogP contribution in [-0.2, 0) is 4.79 Å². The van der Waals surface area contributed by atoms with E-state index in [2.05, 4.69) is 29.4 Å². The molecule has 0 aliphatic carbocycles. The molecule has 21 heavy (non-hydrogen) atoms. The van der Waals surface area contributed by atoms with Gasteiger partial charge >= 0.3 is 0 Å². The number of nitrogens with one attached hydrogen (secondary N) is 1. The summed E-state index contributed by atoms with van der Waals surface area (Å²) in [6, 6.07) is 18.1. The number of carbonyl (C=O) groups excluding carboxylic acids is 1. The van der Waals surface area contributed by atoms with Gasteiger partial charge in [0.1, 0.15) is 5.92 Å². The minimum atomic E-state index is -0.260.